The number of nitrogens with zero attached hydrogens (tertiary/aromatic N) is 1. The van der Waals surface area contributed by atoms with Crippen molar-refractivity contribution < 1.29 is 14.3 Å². The predicted octanol–water partition coefficient (Wildman–Crippen LogP) is 4.66. The summed E-state index contributed by atoms with van der Waals surface area (Å²) in [6.07, 6.45) is 7.31. The SMILES string of the molecule is O=C(CSCc1ccccc1Br)NN=Cc1ccc(OCC(=O)NC2CCCCC2)cc1. The Bertz CT molecular complexity index is 915. The van der Waals surface area contributed by atoms with Crippen LogP contribution in [0, 0.1) is 0 Å². The molecule has 0 aliphatic heterocycles. The largest absolute Gasteiger partial charge is 0.484 e. The molecule has 1 saturated carbocycles. The van der Waals surface area contributed by atoms with E-state index in [9.17, 15) is 9.59 Å². The summed E-state index contributed by atoms with van der Waals surface area (Å²) in [5.74, 6) is 1.46. The number of carbonyl (C=O) groups excluding carboxylic acids is 2. The van der Waals surface area contributed by atoms with Crippen LogP contribution in [0.5, 0.6) is 5.75 Å². The molecule has 6 nitrogen and oxygen atoms in total. The number of hydrogen-bond donors (Lipinski definition) is 2. The molecule has 0 heterocycles. The van der Waals surface area contributed by atoms with E-state index < -0.39 is 0 Å². The summed E-state index contributed by atoms with van der Waals surface area (Å²) in [6, 6.07) is 15.5. The Morgan fingerprint density at radius 2 is 1.81 bits per heavy atom. The maximum Gasteiger partial charge on any atom is 0.258 e. The molecule has 0 aromatic heterocycles. The molecule has 2 amide bonds. The van der Waals surface area contributed by atoms with Crippen molar-refractivity contribution in [3.8, 4) is 5.75 Å². The number of hydrazone groups is 1. The fourth-order valence-corrected chi connectivity index (χ4v) is 4.83. The third kappa shape index (κ3) is 8.67. The number of hydrogen-bond acceptors (Lipinski definition) is 5. The van der Waals surface area contributed by atoms with E-state index in [1.54, 1.807) is 18.3 Å². The molecule has 2 N–H and O–H groups in total. The lowest BCUT2D eigenvalue weighted by molar-refractivity contribution is -0.124. The average molecular weight is 518 g/mol. The van der Waals surface area contributed by atoms with Crippen molar-refractivity contribution in [1.82, 2.24) is 10.7 Å². The van der Waals surface area contributed by atoms with E-state index in [2.05, 4.69) is 31.8 Å². The van der Waals surface area contributed by atoms with Crippen molar-refractivity contribution in [2.45, 2.75) is 43.9 Å². The van der Waals surface area contributed by atoms with Crippen LogP contribution in [0.3, 0.4) is 0 Å². The van der Waals surface area contributed by atoms with Crippen molar-refractivity contribution in [1.29, 1.82) is 0 Å². The number of halogens is 1. The molecule has 32 heavy (non-hydrogen) atoms. The number of rotatable bonds is 10. The van der Waals surface area contributed by atoms with E-state index in [1.165, 1.54) is 31.0 Å². The van der Waals surface area contributed by atoms with E-state index in [1.807, 2.05) is 36.4 Å². The van der Waals surface area contributed by atoms with Gasteiger partial charge in [0.2, 0.25) is 5.91 Å². The number of benzene rings is 2. The lowest BCUT2D eigenvalue weighted by Crippen LogP contribution is -2.38. The van der Waals surface area contributed by atoms with Crippen molar-refractivity contribution in [3.05, 3.63) is 64.1 Å². The number of ether oxygens (including phenoxy) is 1. The quantitative estimate of drug-likeness (QED) is 0.354. The predicted molar refractivity (Wildman–Crippen MR) is 133 cm³/mol. The normalized spacial score (nSPS) is 14.3. The lowest BCUT2D eigenvalue weighted by atomic mass is 9.95. The van der Waals surface area contributed by atoms with Crippen molar-refractivity contribution in [2.75, 3.05) is 12.4 Å². The molecule has 8 heteroatoms. The van der Waals surface area contributed by atoms with Crippen LogP contribution in [-0.2, 0) is 15.3 Å². The smallest absolute Gasteiger partial charge is 0.258 e. The van der Waals surface area contributed by atoms with E-state index in [0.29, 0.717) is 11.5 Å². The zero-order valence-corrected chi connectivity index (χ0v) is 20.3. The summed E-state index contributed by atoms with van der Waals surface area (Å²) in [4.78, 5) is 24.0. The Morgan fingerprint density at radius 1 is 1.06 bits per heavy atom. The minimum absolute atomic E-state index is 0.0111. The monoisotopic (exact) mass is 517 g/mol. The van der Waals surface area contributed by atoms with Crippen LogP contribution in [-0.4, -0.2) is 36.4 Å². The van der Waals surface area contributed by atoms with Gasteiger partial charge in [0.15, 0.2) is 6.61 Å². The molecular weight excluding hydrogens is 490 g/mol. The zero-order chi connectivity index (χ0) is 22.6. The maximum absolute atomic E-state index is 12.0. The molecule has 0 atom stereocenters. The maximum atomic E-state index is 12.0. The minimum Gasteiger partial charge on any atom is -0.484 e. The van der Waals surface area contributed by atoms with Gasteiger partial charge in [-0.1, -0.05) is 53.4 Å². The minimum atomic E-state index is -0.151. The first-order chi connectivity index (χ1) is 15.6. The van der Waals surface area contributed by atoms with Gasteiger partial charge in [-0.05, 0) is 54.3 Å². The first kappa shape index (κ1) is 24.3. The molecule has 0 unspecified atom stereocenters. The van der Waals surface area contributed by atoms with E-state index >= 15 is 0 Å². The average Bonchev–Trinajstić information content (AvgIpc) is 2.80. The molecule has 1 aliphatic carbocycles. The van der Waals surface area contributed by atoms with Gasteiger partial charge in [0.1, 0.15) is 5.75 Å². The number of nitrogens with one attached hydrogen (secondary N) is 2. The third-order valence-electron chi connectivity index (χ3n) is 5.07. The molecule has 0 bridgehead atoms. The molecule has 170 valence electrons. The highest BCUT2D eigenvalue weighted by molar-refractivity contribution is 9.10. The first-order valence-electron chi connectivity index (χ1n) is 10.8. The van der Waals surface area contributed by atoms with Gasteiger partial charge in [0, 0.05) is 16.3 Å². The molecule has 2 aromatic carbocycles. The van der Waals surface area contributed by atoms with E-state index in [0.717, 1.165) is 34.2 Å². The Balaban J connectivity index is 1.33. The van der Waals surface area contributed by atoms with Gasteiger partial charge in [-0.15, -0.1) is 11.8 Å². The van der Waals surface area contributed by atoms with Crippen LogP contribution in [0.4, 0.5) is 0 Å². The second-order valence-electron chi connectivity index (χ2n) is 7.64. The van der Waals surface area contributed by atoms with Crippen molar-refractivity contribution >= 4 is 45.7 Å². The summed E-state index contributed by atoms with van der Waals surface area (Å²) in [5, 5.41) is 7.04. The van der Waals surface area contributed by atoms with Crippen LogP contribution >= 0.6 is 27.7 Å². The first-order valence-corrected chi connectivity index (χ1v) is 12.7. The van der Waals surface area contributed by atoms with Crippen LogP contribution in [0.2, 0.25) is 0 Å². The third-order valence-corrected chi connectivity index (χ3v) is 6.83. The van der Waals surface area contributed by atoms with Crippen LogP contribution < -0.4 is 15.5 Å². The summed E-state index contributed by atoms with van der Waals surface area (Å²) < 4.78 is 6.61. The highest BCUT2D eigenvalue weighted by Gasteiger charge is 2.15. The number of carbonyl (C=O) groups is 2. The van der Waals surface area contributed by atoms with Crippen molar-refractivity contribution in [3.63, 3.8) is 0 Å². The molecule has 0 radical (unpaired) electrons. The summed E-state index contributed by atoms with van der Waals surface area (Å²) in [5.41, 5.74) is 4.52. The molecule has 2 aromatic rings. The van der Waals surface area contributed by atoms with Gasteiger partial charge < -0.3 is 10.1 Å². The van der Waals surface area contributed by atoms with Gasteiger partial charge in [-0.3, -0.25) is 9.59 Å². The summed E-state index contributed by atoms with van der Waals surface area (Å²) in [6.45, 7) is 0.0111. The molecule has 0 saturated heterocycles. The van der Waals surface area contributed by atoms with Crippen molar-refractivity contribution in [2.24, 2.45) is 5.10 Å². The molecule has 3 rings (SSSR count). The number of thioether (sulfide) groups is 1. The van der Waals surface area contributed by atoms with E-state index in [-0.39, 0.29) is 24.5 Å². The molecule has 1 fully saturated rings. The zero-order valence-electron chi connectivity index (χ0n) is 17.9. The fourth-order valence-electron chi connectivity index (χ4n) is 3.40. The Hall–Kier alpha value is -2.32. The standard InChI is InChI=1S/C24H28BrN3O3S/c25-22-9-5-4-6-19(22)16-32-17-24(30)28-26-14-18-10-12-21(13-11-18)31-15-23(29)27-20-7-2-1-3-8-20/h4-6,9-14,20H,1-3,7-8,15-17H2,(H,27,29)(H,28,30). The highest BCUT2D eigenvalue weighted by atomic mass is 79.9. The van der Waals surface area contributed by atoms with Gasteiger partial charge in [-0.25, -0.2) is 5.43 Å². The Labute approximate surface area is 201 Å². The summed E-state index contributed by atoms with van der Waals surface area (Å²) in [7, 11) is 0. The van der Waals surface area contributed by atoms with Gasteiger partial charge in [-0.2, -0.15) is 5.10 Å². The Morgan fingerprint density at radius 3 is 2.56 bits per heavy atom. The molecular formula is C24H28BrN3O3S. The highest BCUT2D eigenvalue weighted by Crippen LogP contribution is 2.21. The fraction of sp³-hybridized carbons (Fsp3) is 0.375. The molecule has 1 aliphatic rings. The molecule has 0 spiro atoms. The number of amides is 2. The van der Waals surface area contributed by atoms with Gasteiger partial charge in [0.05, 0.1) is 12.0 Å². The topological polar surface area (TPSA) is 79.8 Å². The van der Waals surface area contributed by atoms with E-state index in [4.69, 9.17) is 4.74 Å². The van der Waals surface area contributed by atoms with Gasteiger partial charge in [0.25, 0.3) is 5.91 Å². The Kier molecular flexibility index (Phi) is 10.1. The summed E-state index contributed by atoms with van der Waals surface area (Å²) >= 11 is 5.04. The van der Waals surface area contributed by atoms with Crippen LogP contribution in [0.15, 0.2) is 58.1 Å². The second-order valence-corrected chi connectivity index (χ2v) is 9.48. The second kappa shape index (κ2) is 13.3. The van der Waals surface area contributed by atoms with Gasteiger partial charge >= 0.3 is 0 Å². The van der Waals surface area contributed by atoms with Crippen LogP contribution in [0.1, 0.15) is 43.2 Å². The lowest BCUT2D eigenvalue weighted by Gasteiger charge is -2.22. The van der Waals surface area contributed by atoms with Crippen LogP contribution in [0.25, 0.3) is 0 Å².